The van der Waals surface area contributed by atoms with Crippen LogP contribution < -0.4 is 30.4 Å². The maximum absolute atomic E-state index is 14.0. The van der Waals surface area contributed by atoms with Crippen LogP contribution in [0.3, 0.4) is 0 Å². The van der Waals surface area contributed by atoms with Gasteiger partial charge in [0.15, 0.2) is 17.3 Å². The van der Waals surface area contributed by atoms with E-state index < -0.39 is 82.0 Å². The third-order valence-corrected chi connectivity index (χ3v) is 21.3. The number of fused-ring (bicyclic) bond motifs is 4. The van der Waals surface area contributed by atoms with E-state index in [2.05, 4.69) is 39.9 Å². The molecule has 32 nitrogen and oxygen atoms in total. The van der Waals surface area contributed by atoms with Gasteiger partial charge in [0, 0.05) is 68.5 Å². The molecule has 2 amide bonds. The van der Waals surface area contributed by atoms with Crippen LogP contribution in [0.4, 0.5) is 25.0 Å². The summed E-state index contributed by atoms with van der Waals surface area (Å²) in [5.74, 6) is -3.62. The summed E-state index contributed by atoms with van der Waals surface area (Å²) in [6.45, 7) is 11.9. The number of nitrogens with zero attached hydrogens (tertiary/aromatic N) is 2. The normalized spacial score (nSPS) is 17.4. The van der Waals surface area contributed by atoms with E-state index in [-0.39, 0.29) is 152 Å². The number of nitrogens with two attached hydrogens (primary N) is 2. The van der Waals surface area contributed by atoms with Gasteiger partial charge in [-0.05, 0) is 187 Å². The van der Waals surface area contributed by atoms with Crippen LogP contribution in [0, 0.1) is 11.6 Å². The first-order valence-corrected chi connectivity index (χ1v) is 41.4. The molecular weight excluding hydrogens is 1770 g/mol. The second kappa shape index (κ2) is 41.3. The van der Waals surface area contributed by atoms with Gasteiger partial charge in [-0.3, -0.25) is 43.2 Å². The number of halogens is 4. The van der Waals surface area contributed by atoms with Gasteiger partial charge in [-0.1, -0.05) is 57.9 Å². The van der Waals surface area contributed by atoms with Gasteiger partial charge in [-0.15, -0.1) is 0 Å². The number of methoxy groups -OCH3 is 3. The quantitative estimate of drug-likeness (QED) is 0.0258. The standard InChI is InChI=1S/C18H15ClF2N2O3.C15H16O6.C14H12O5.C13H12O3.C11H12O4.C10H9NO2.C8H9NO3.C4H5BrO2/c1-18(2,3)26-17(25)23-8-13-14(16(23)24)9(19)7-12(22-13)15-10(20)5-4-6-11(15)21;1-9(16)7-10-3-4-11(14(17)19-2)13(8-10)21-12-5-6-20-15(12)18;1-8(15)6-9-2-3-10-11(7-9)19-14(12(10)16)4-5-18-13(14)17;1-8(14)6-9-2-3-10-11(7-9)16-13(4-5-13)12(10)15;1-7(12)5-8-3-4-9(10(13)6-8)11(14)15-2;11-6-1-2-7-8(5-6)13-10(3-4-10)9(7)12;1-12-8(11)6-3-2-5(9)4-7(6)10;5-3-1-2-7-4(3)6/h4-7H,8H2,1-3H3;3-4,8,12H,5-7H2,1-2H3;2-3,7H,4-6H2,1H3;2-3,7H,4-6H2,1H3;3-4,6,13H,5H2,1-2H3;1-2,5H,3-4,11H2;2-4,10H,9H2,1H3;3H,1-2H2. The molecule has 7 aliphatic heterocycles. The first-order valence-electron chi connectivity index (χ1n) is 40.1. The first kappa shape index (κ1) is 97.4. The number of rotatable bonds is 14. The van der Waals surface area contributed by atoms with Crippen molar-refractivity contribution >= 4 is 127 Å². The number of alkyl halides is 1. The summed E-state index contributed by atoms with van der Waals surface area (Å²) in [5.41, 5.74) is 13.7. The van der Waals surface area contributed by atoms with E-state index >= 15 is 0 Å². The molecule has 3 spiro atoms. The van der Waals surface area contributed by atoms with E-state index in [1.165, 1.54) is 90.6 Å². The van der Waals surface area contributed by atoms with Gasteiger partial charge < -0.3 is 73.8 Å². The first-order chi connectivity index (χ1) is 60.9. The number of hydrogen-bond donors (Lipinski definition) is 4. The number of ketones is 7. The van der Waals surface area contributed by atoms with Crippen LogP contribution in [-0.4, -0.2) is 183 Å². The van der Waals surface area contributed by atoms with Crippen molar-refractivity contribution in [1.29, 1.82) is 0 Å². The van der Waals surface area contributed by atoms with Gasteiger partial charge in [-0.25, -0.2) is 47.4 Å². The Kier molecular flexibility index (Phi) is 31.2. The minimum absolute atomic E-state index is 0.000202. The Morgan fingerprint density at radius 3 is 1.42 bits per heavy atom. The summed E-state index contributed by atoms with van der Waals surface area (Å²) in [4.78, 5) is 177. The van der Waals surface area contributed by atoms with E-state index in [1.54, 1.807) is 88.4 Å². The van der Waals surface area contributed by atoms with E-state index in [0.29, 0.717) is 82.5 Å². The van der Waals surface area contributed by atoms with Crippen LogP contribution in [-0.2, 0) is 98.9 Å². The molecule has 3 saturated heterocycles. The van der Waals surface area contributed by atoms with Crippen molar-refractivity contribution in [3.63, 3.8) is 0 Å². The summed E-state index contributed by atoms with van der Waals surface area (Å²) in [6, 6.07) is 33.7. The Morgan fingerprint density at radius 2 is 0.969 bits per heavy atom. The van der Waals surface area contributed by atoms with Gasteiger partial charge in [0.1, 0.15) is 96.4 Å². The lowest BCUT2D eigenvalue weighted by Crippen LogP contribution is -2.44. The second-order valence-electron chi connectivity index (χ2n) is 31.6. The smallest absolute Gasteiger partial charge is 0.417 e. The van der Waals surface area contributed by atoms with Crippen molar-refractivity contribution in [2.75, 3.05) is 52.6 Å². The zero-order valence-corrected chi connectivity index (χ0v) is 73.9. The fourth-order valence-electron chi connectivity index (χ4n) is 13.7. The molecule has 2 saturated carbocycles. The van der Waals surface area contributed by atoms with Gasteiger partial charge in [0.05, 0.1) is 91.9 Å². The molecule has 6 N–H and O–H groups in total. The Labute approximate surface area is 750 Å². The number of carbonyl (C=O) groups excluding carboxylic acids is 15. The number of imide groups is 1. The highest BCUT2D eigenvalue weighted by molar-refractivity contribution is 9.10. The summed E-state index contributed by atoms with van der Waals surface area (Å²) in [7, 11) is 3.75. The monoisotopic (exact) mass is 1860 g/mol. The number of hydrogen-bond acceptors (Lipinski definition) is 31. The Balaban J connectivity index is 0.000000156. The number of cyclic esters (lactones) is 3. The van der Waals surface area contributed by atoms with Gasteiger partial charge in [0.25, 0.3) is 11.5 Å². The van der Waals surface area contributed by atoms with E-state index in [0.717, 1.165) is 60.3 Å². The molecule has 8 aromatic rings. The minimum Gasteiger partial charge on any atom is -0.507 e. The van der Waals surface area contributed by atoms with E-state index in [4.69, 9.17) is 56.2 Å². The predicted molar refractivity (Wildman–Crippen MR) is 458 cm³/mol. The van der Waals surface area contributed by atoms with Crippen LogP contribution in [0.15, 0.2) is 133 Å². The maximum Gasteiger partial charge on any atom is 0.417 e. The lowest BCUT2D eigenvalue weighted by Gasteiger charge is -2.23. The zero-order valence-electron chi connectivity index (χ0n) is 71.5. The van der Waals surface area contributed by atoms with Crippen LogP contribution in [0.1, 0.15) is 194 Å². The number of pyridine rings is 1. The lowest BCUT2D eigenvalue weighted by atomic mass is 9.93. The van der Waals surface area contributed by atoms with E-state index in [9.17, 15) is 90.9 Å². The molecule has 0 radical (unpaired) electrons. The van der Waals surface area contributed by atoms with Crippen molar-refractivity contribution in [3.8, 4) is 45.8 Å². The molecule has 7 aromatic carbocycles. The largest absolute Gasteiger partial charge is 0.507 e. The predicted octanol–water partition coefficient (Wildman–Crippen LogP) is 13.0. The number of anilines is 2. The van der Waals surface area contributed by atoms with Crippen LogP contribution >= 0.6 is 27.5 Å². The lowest BCUT2D eigenvalue weighted by molar-refractivity contribution is -0.147. The fourth-order valence-corrected chi connectivity index (χ4v) is 14.3. The number of nitrogen functional groups attached to an aromatic ring is 2. The van der Waals surface area contributed by atoms with Gasteiger partial charge in [-0.2, -0.15) is 0 Å². The van der Waals surface area contributed by atoms with Crippen molar-refractivity contribution in [3.05, 3.63) is 217 Å². The molecule has 3 atom stereocenters. The third-order valence-electron chi connectivity index (χ3n) is 20.2. The zero-order chi connectivity index (χ0) is 94.5. The molecule has 0 bridgehead atoms. The second-order valence-corrected chi connectivity index (χ2v) is 33.1. The number of esters is 6. The highest BCUT2D eigenvalue weighted by atomic mass is 79.9. The van der Waals surface area contributed by atoms with E-state index in [1.807, 2.05) is 12.1 Å². The molecule has 678 valence electrons. The average molecular weight is 1870 g/mol. The van der Waals surface area contributed by atoms with Gasteiger partial charge in [0.2, 0.25) is 17.3 Å². The SMILES string of the molecule is CC(=O)Cc1ccc2c(c1)OC1(CC1)C2=O.CC(=O)Cc1ccc2c(c1)OC1(CCOC1=O)C2=O.CC(C)(C)OC(=O)N1Cc2nc(-c3c(F)cccc3F)cc(Cl)c2C1=O.COC(=O)c1ccc(CC(C)=O)cc1O.COC(=O)c1ccc(CC(C)=O)cc1OC1CCOC1=O.COC(=O)c1ccc(N)cc1O.Nc1ccc2c(c1)OC1(CC1)C2=O.O=C1OCCC1Br. The summed E-state index contributed by atoms with van der Waals surface area (Å²) in [5, 5.41) is 18.7. The van der Waals surface area contributed by atoms with Crippen molar-refractivity contribution in [2.45, 2.75) is 159 Å². The third kappa shape index (κ3) is 23.9. The molecule has 9 aliphatic rings. The molecule has 17 rings (SSSR count). The van der Waals surface area contributed by atoms with Crippen molar-refractivity contribution in [1.82, 2.24) is 9.88 Å². The number of phenolic OH excluding ortho intramolecular Hbond substituents is 2. The van der Waals surface area contributed by atoms with Crippen molar-refractivity contribution in [2.24, 2.45) is 0 Å². The average Bonchev–Trinajstić information content (AvgIpc) is 1.60. The minimum atomic E-state index is -1.49. The molecule has 5 fully saturated rings. The molecule has 36 heteroatoms. The number of amides is 2. The number of phenols is 2. The summed E-state index contributed by atoms with van der Waals surface area (Å²) < 4.78 is 83.4. The molecule has 3 unspecified atom stereocenters. The molecule has 1 aromatic heterocycles. The van der Waals surface area contributed by atoms with Crippen LogP contribution in [0.5, 0.6) is 34.5 Å². The summed E-state index contributed by atoms with van der Waals surface area (Å²) >= 11 is 9.27. The number of Topliss-reactive ketones (excluding diaryl/α,β-unsaturated/α-hetero) is 7. The Bertz CT molecular complexity index is 5820. The molecular formula is C93H90BrClF2N4O28. The number of aromatic nitrogens is 1. The Morgan fingerprint density at radius 1 is 0.527 bits per heavy atom. The highest BCUT2D eigenvalue weighted by Crippen LogP contribution is 2.51. The fraction of sp³-hybridized carbons (Fsp3) is 0.333. The molecule has 129 heavy (non-hydrogen) atoms. The number of benzene rings is 7. The van der Waals surface area contributed by atoms with Crippen molar-refractivity contribution < 1.29 is 143 Å². The maximum atomic E-state index is 14.0. The number of ether oxygens (including phenoxy) is 11. The number of aromatic hydroxyl groups is 2. The van der Waals surface area contributed by atoms with Crippen LogP contribution in [0.2, 0.25) is 5.02 Å². The highest BCUT2D eigenvalue weighted by Gasteiger charge is 2.60. The number of carbonyl (C=O) groups is 15. The van der Waals surface area contributed by atoms with Gasteiger partial charge >= 0.3 is 41.9 Å². The topological polar surface area (TPSA) is 466 Å². The Hall–Kier alpha value is -13.8. The molecule has 8 heterocycles. The van der Waals surface area contributed by atoms with Crippen LogP contribution in [0.25, 0.3) is 11.3 Å². The molecule has 2 aliphatic carbocycles. The summed E-state index contributed by atoms with van der Waals surface area (Å²) in [6.07, 6.45) is 4.40.